The summed E-state index contributed by atoms with van der Waals surface area (Å²) in [5, 5.41) is 9.02. The number of para-hydroxylation sites is 1. The van der Waals surface area contributed by atoms with Gasteiger partial charge < -0.3 is 19.6 Å². The molecule has 1 N–H and O–H groups in total. The summed E-state index contributed by atoms with van der Waals surface area (Å²) in [7, 11) is 0. The number of hydrogen-bond acceptors (Lipinski definition) is 6. The first kappa shape index (κ1) is 26.0. The number of benzene rings is 1. The first-order chi connectivity index (χ1) is 17.9. The summed E-state index contributed by atoms with van der Waals surface area (Å²) in [6.45, 7) is 5.29. The highest BCUT2D eigenvalue weighted by molar-refractivity contribution is 8.02. The van der Waals surface area contributed by atoms with Crippen LogP contribution in [0.15, 0.2) is 42.5 Å². The average Bonchev–Trinajstić information content (AvgIpc) is 3.28. The number of nitrogens with zero attached hydrogens (tertiary/aromatic N) is 2. The molecule has 2 saturated heterocycles. The SMILES string of the molecule is Cc1cccc(C)c1N1CC=C[C@]23S[C@@H]4/C=C\CCCOC(=O)[C@@H]4[C@H]2C(=O)N(CCCCCO)C3C1=O. The van der Waals surface area contributed by atoms with Gasteiger partial charge in [0.05, 0.1) is 23.2 Å². The zero-order valence-electron chi connectivity index (χ0n) is 21.6. The Balaban J connectivity index is 1.59. The van der Waals surface area contributed by atoms with E-state index < -0.39 is 22.6 Å². The van der Waals surface area contributed by atoms with Crippen molar-refractivity contribution in [3.05, 3.63) is 53.6 Å². The van der Waals surface area contributed by atoms with E-state index >= 15 is 0 Å². The number of aliphatic hydroxyl groups is 1. The third kappa shape index (κ3) is 4.42. The quantitative estimate of drug-likeness (QED) is 0.348. The van der Waals surface area contributed by atoms with E-state index in [2.05, 4.69) is 12.2 Å². The second kappa shape index (κ2) is 10.7. The van der Waals surface area contributed by atoms with Crippen molar-refractivity contribution in [2.45, 2.75) is 62.0 Å². The van der Waals surface area contributed by atoms with Crippen LogP contribution in [-0.2, 0) is 19.1 Å². The van der Waals surface area contributed by atoms with Crippen LogP contribution >= 0.6 is 11.8 Å². The van der Waals surface area contributed by atoms with Gasteiger partial charge in [-0.2, -0.15) is 0 Å². The second-order valence-corrected chi connectivity index (χ2v) is 12.0. The molecule has 1 aromatic rings. The van der Waals surface area contributed by atoms with Gasteiger partial charge in [0.25, 0.3) is 5.91 Å². The highest BCUT2D eigenvalue weighted by Crippen LogP contribution is 2.61. The van der Waals surface area contributed by atoms with Gasteiger partial charge in [-0.1, -0.05) is 42.5 Å². The van der Waals surface area contributed by atoms with Gasteiger partial charge in [0, 0.05) is 30.6 Å². The second-order valence-electron chi connectivity index (χ2n) is 10.5. The maximum atomic E-state index is 14.5. The van der Waals surface area contributed by atoms with Crippen LogP contribution in [0.1, 0.15) is 43.2 Å². The average molecular weight is 525 g/mol. The number of rotatable bonds is 6. The van der Waals surface area contributed by atoms with E-state index in [4.69, 9.17) is 4.74 Å². The molecule has 1 spiro atoms. The molecule has 4 heterocycles. The summed E-state index contributed by atoms with van der Waals surface area (Å²) < 4.78 is 4.79. The molecule has 198 valence electrons. The Kier molecular flexibility index (Phi) is 7.50. The van der Waals surface area contributed by atoms with Crippen molar-refractivity contribution in [3.8, 4) is 0 Å². The van der Waals surface area contributed by atoms with Crippen molar-refractivity contribution in [2.24, 2.45) is 11.8 Å². The number of thioether (sulfide) groups is 1. The fraction of sp³-hybridized carbons (Fsp3) is 0.552. The molecule has 2 amide bonds. The molecule has 5 atom stereocenters. The van der Waals surface area contributed by atoms with Gasteiger partial charge in [0.1, 0.15) is 6.04 Å². The Morgan fingerprint density at radius 2 is 1.86 bits per heavy atom. The van der Waals surface area contributed by atoms with Crippen LogP contribution in [0.2, 0.25) is 0 Å². The molecule has 7 nitrogen and oxygen atoms in total. The minimum atomic E-state index is -0.839. The normalized spacial score (nSPS) is 32.1. The fourth-order valence-corrected chi connectivity index (χ4v) is 8.50. The first-order valence-corrected chi connectivity index (χ1v) is 14.3. The standard InChI is InChI=1S/C29H36N2O5S/c1-19-11-9-12-20(2)24(19)30-16-10-14-29-23(22-21(37-29)13-5-3-8-18-36-28(22)35)26(33)31(25(29)27(30)34)15-6-4-7-17-32/h5,9-14,21-23,25,32H,3-4,6-8,15-18H2,1-2H3/b13-5-/t21-,22+,23+,25?,29+/m1/s1. The van der Waals surface area contributed by atoms with Gasteiger partial charge in [-0.05, 0) is 57.1 Å². The molecule has 0 saturated carbocycles. The van der Waals surface area contributed by atoms with Crippen LogP contribution in [0.4, 0.5) is 5.69 Å². The minimum Gasteiger partial charge on any atom is -0.465 e. The summed E-state index contributed by atoms with van der Waals surface area (Å²) in [6, 6.07) is 5.29. The number of anilines is 1. The number of aryl methyl sites for hydroxylation is 2. The lowest BCUT2D eigenvalue weighted by atomic mass is 9.78. The smallest absolute Gasteiger partial charge is 0.311 e. The zero-order chi connectivity index (χ0) is 26.2. The number of unbranched alkanes of at least 4 members (excludes halogenated alkanes) is 2. The summed E-state index contributed by atoms with van der Waals surface area (Å²) in [4.78, 5) is 45.5. The Hall–Kier alpha value is -2.58. The number of hydrogen-bond donors (Lipinski definition) is 1. The molecule has 0 radical (unpaired) electrons. The number of aliphatic hydroxyl groups excluding tert-OH is 1. The molecule has 4 aliphatic heterocycles. The summed E-state index contributed by atoms with van der Waals surface area (Å²) in [5.41, 5.74) is 2.91. The van der Waals surface area contributed by atoms with Gasteiger partial charge in [-0.25, -0.2) is 0 Å². The van der Waals surface area contributed by atoms with Gasteiger partial charge in [-0.3, -0.25) is 14.4 Å². The predicted octanol–water partition coefficient (Wildman–Crippen LogP) is 3.56. The maximum absolute atomic E-state index is 14.5. The van der Waals surface area contributed by atoms with Crippen LogP contribution in [-0.4, -0.2) is 70.1 Å². The number of likely N-dealkylation sites (tertiary alicyclic amines) is 1. The number of ether oxygens (including phenoxy) is 1. The third-order valence-electron chi connectivity index (χ3n) is 8.12. The number of fused-ring (bicyclic) bond motifs is 2. The Labute approximate surface area is 222 Å². The van der Waals surface area contributed by atoms with Crippen LogP contribution < -0.4 is 4.90 Å². The number of esters is 1. The van der Waals surface area contributed by atoms with E-state index in [0.717, 1.165) is 36.1 Å². The molecule has 0 aliphatic carbocycles. The molecule has 0 bridgehead atoms. The summed E-state index contributed by atoms with van der Waals surface area (Å²) in [6.07, 6.45) is 11.9. The number of carbonyl (C=O) groups excluding carboxylic acids is 3. The molecule has 1 aromatic carbocycles. The van der Waals surface area contributed by atoms with E-state index in [9.17, 15) is 19.5 Å². The van der Waals surface area contributed by atoms with Crippen LogP contribution in [0.25, 0.3) is 0 Å². The predicted molar refractivity (Wildman–Crippen MR) is 144 cm³/mol. The first-order valence-electron chi connectivity index (χ1n) is 13.4. The van der Waals surface area contributed by atoms with Crippen LogP contribution in [0, 0.1) is 25.7 Å². The Morgan fingerprint density at radius 1 is 1.08 bits per heavy atom. The van der Waals surface area contributed by atoms with Gasteiger partial charge in [0.2, 0.25) is 5.91 Å². The van der Waals surface area contributed by atoms with Crippen molar-refractivity contribution in [2.75, 3.05) is 31.2 Å². The largest absolute Gasteiger partial charge is 0.465 e. The topological polar surface area (TPSA) is 87.2 Å². The Bertz CT molecular complexity index is 1110. The summed E-state index contributed by atoms with van der Waals surface area (Å²) >= 11 is 1.58. The minimum absolute atomic E-state index is 0.100. The van der Waals surface area contributed by atoms with Gasteiger partial charge in [-0.15, -0.1) is 11.8 Å². The zero-order valence-corrected chi connectivity index (χ0v) is 22.4. The van der Waals surface area contributed by atoms with Gasteiger partial charge >= 0.3 is 5.97 Å². The van der Waals surface area contributed by atoms with E-state index in [0.29, 0.717) is 32.5 Å². The monoisotopic (exact) mass is 524 g/mol. The molecular weight excluding hydrogens is 488 g/mol. The molecule has 2 fully saturated rings. The molecule has 37 heavy (non-hydrogen) atoms. The number of carbonyl (C=O) groups is 3. The number of amides is 2. The number of cyclic esters (lactones) is 1. The molecule has 4 aliphatic rings. The lowest BCUT2D eigenvalue weighted by Crippen LogP contribution is -2.53. The number of allylic oxidation sites excluding steroid dienone is 1. The molecular formula is C29H36N2O5S. The van der Waals surface area contributed by atoms with E-state index in [1.807, 2.05) is 49.1 Å². The van der Waals surface area contributed by atoms with Crippen molar-refractivity contribution >= 4 is 35.2 Å². The lowest BCUT2D eigenvalue weighted by Gasteiger charge is -2.36. The molecule has 5 rings (SSSR count). The molecule has 1 unspecified atom stereocenters. The van der Waals surface area contributed by atoms with Crippen LogP contribution in [0.5, 0.6) is 0 Å². The van der Waals surface area contributed by atoms with E-state index in [-0.39, 0.29) is 29.6 Å². The molecule has 0 aromatic heterocycles. The third-order valence-corrected chi connectivity index (χ3v) is 9.86. The lowest BCUT2D eigenvalue weighted by molar-refractivity contribution is -0.153. The van der Waals surface area contributed by atoms with E-state index in [1.54, 1.807) is 16.7 Å². The highest BCUT2D eigenvalue weighted by atomic mass is 32.2. The summed E-state index contributed by atoms with van der Waals surface area (Å²) in [5.74, 6) is -1.85. The highest BCUT2D eigenvalue weighted by Gasteiger charge is 2.70. The maximum Gasteiger partial charge on any atom is 0.311 e. The van der Waals surface area contributed by atoms with Crippen LogP contribution in [0.3, 0.4) is 0 Å². The van der Waals surface area contributed by atoms with Gasteiger partial charge in [0.15, 0.2) is 0 Å². The molecule has 8 heteroatoms. The van der Waals surface area contributed by atoms with Crippen molar-refractivity contribution in [3.63, 3.8) is 0 Å². The fourth-order valence-electron chi connectivity index (χ4n) is 6.50. The van der Waals surface area contributed by atoms with Crippen molar-refractivity contribution < 1.29 is 24.2 Å². The van der Waals surface area contributed by atoms with Crippen molar-refractivity contribution in [1.29, 1.82) is 0 Å². The Morgan fingerprint density at radius 3 is 2.62 bits per heavy atom. The van der Waals surface area contributed by atoms with Crippen molar-refractivity contribution in [1.82, 2.24) is 4.90 Å². The van der Waals surface area contributed by atoms with E-state index in [1.165, 1.54) is 0 Å².